The van der Waals surface area contributed by atoms with Gasteiger partial charge in [0.25, 0.3) is 5.91 Å². The van der Waals surface area contributed by atoms with Crippen LogP contribution in [0.1, 0.15) is 28.8 Å². The van der Waals surface area contributed by atoms with Gasteiger partial charge in [0, 0.05) is 11.7 Å². The molecular formula is C19H18F3N3O2. The number of halogens is 3. The second kappa shape index (κ2) is 7.69. The van der Waals surface area contributed by atoms with Crippen molar-refractivity contribution in [3.63, 3.8) is 0 Å². The van der Waals surface area contributed by atoms with E-state index in [0.29, 0.717) is 16.9 Å². The van der Waals surface area contributed by atoms with E-state index in [4.69, 9.17) is 0 Å². The summed E-state index contributed by atoms with van der Waals surface area (Å²) in [5.41, 5.74) is 0.383. The number of carbonyl (C=O) groups is 2. The third-order valence-electron chi connectivity index (χ3n) is 4.02. The SMILES string of the molecule is O=C(CNc1ccc(C(F)(F)F)cc1)Nc1ccccc1C(=O)NC1CC1. The Morgan fingerprint density at radius 1 is 1.00 bits per heavy atom. The summed E-state index contributed by atoms with van der Waals surface area (Å²) in [6.45, 7) is -0.149. The topological polar surface area (TPSA) is 70.2 Å². The standard InChI is InChI=1S/C19H18F3N3O2/c20-19(21,22)12-5-7-13(8-6-12)23-11-17(26)25-16-4-2-1-3-15(16)18(27)24-14-9-10-14/h1-8,14,23H,9-11H2,(H,24,27)(H,25,26). The first-order valence-corrected chi connectivity index (χ1v) is 8.44. The molecule has 0 aromatic heterocycles. The van der Waals surface area contributed by atoms with Crippen LogP contribution in [-0.4, -0.2) is 24.4 Å². The van der Waals surface area contributed by atoms with Gasteiger partial charge in [-0.1, -0.05) is 12.1 Å². The highest BCUT2D eigenvalue weighted by atomic mass is 19.4. The van der Waals surface area contributed by atoms with Crippen molar-refractivity contribution in [2.24, 2.45) is 0 Å². The maximum Gasteiger partial charge on any atom is 0.416 e. The number of nitrogens with one attached hydrogen (secondary N) is 3. The van der Waals surface area contributed by atoms with E-state index in [9.17, 15) is 22.8 Å². The van der Waals surface area contributed by atoms with Crippen molar-refractivity contribution in [3.05, 3.63) is 59.7 Å². The molecule has 0 heterocycles. The van der Waals surface area contributed by atoms with Gasteiger partial charge in [-0.25, -0.2) is 0 Å². The first-order valence-electron chi connectivity index (χ1n) is 8.44. The van der Waals surface area contributed by atoms with Gasteiger partial charge in [-0.2, -0.15) is 13.2 Å². The third kappa shape index (κ3) is 5.22. The van der Waals surface area contributed by atoms with E-state index in [2.05, 4.69) is 16.0 Å². The number of carbonyl (C=O) groups excluding carboxylic acids is 2. The predicted molar refractivity (Wildman–Crippen MR) is 95.5 cm³/mol. The largest absolute Gasteiger partial charge is 0.416 e. The fourth-order valence-electron chi connectivity index (χ4n) is 2.43. The number of rotatable bonds is 6. The molecule has 1 aliphatic rings. The van der Waals surface area contributed by atoms with Crippen LogP contribution in [0.5, 0.6) is 0 Å². The summed E-state index contributed by atoms with van der Waals surface area (Å²) in [6, 6.07) is 11.2. The number of para-hydroxylation sites is 1. The van der Waals surface area contributed by atoms with Crippen LogP contribution < -0.4 is 16.0 Å². The Hall–Kier alpha value is -3.03. The molecule has 1 fully saturated rings. The number of alkyl halides is 3. The van der Waals surface area contributed by atoms with E-state index in [-0.39, 0.29) is 18.5 Å². The van der Waals surface area contributed by atoms with E-state index in [0.717, 1.165) is 25.0 Å². The molecule has 0 spiro atoms. The first kappa shape index (κ1) is 18.8. The van der Waals surface area contributed by atoms with Crippen LogP contribution in [0.2, 0.25) is 0 Å². The van der Waals surface area contributed by atoms with Crippen LogP contribution in [0.15, 0.2) is 48.5 Å². The van der Waals surface area contributed by atoms with Gasteiger partial charge in [0.1, 0.15) is 0 Å². The minimum atomic E-state index is -4.40. The molecule has 2 amide bonds. The highest BCUT2D eigenvalue weighted by Gasteiger charge is 2.30. The summed E-state index contributed by atoms with van der Waals surface area (Å²) in [5, 5.41) is 8.26. The third-order valence-corrected chi connectivity index (χ3v) is 4.02. The lowest BCUT2D eigenvalue weighted by atomic mass is 10.1. The Bertz CT molecular complexity index is 831. The van der Waals surface area contributed by atoms with Crippen molar-refractivity contribution in [1.29, 1.82) is 0 Å². The van der Waals surface area contributed by atoms with Gasteiger partial charge in [0.2, 0.25) is 5.91 Å². The van der Waals surface area contributed by atoms with Gasteiger partial charge in [-0.05, 0) is 49.2 Å². The first-order chi connectivity index (χ1) is 12.8. The molecule has 0 unspecified atom stereocenters. The van der Waals surface area contributed by atoms with Gasteiger partial charge in [-0.15, -0.1) is 0 Å². The minimum Gasteiger partial charge on any atom is -0.376 e. The van der Waals surface area contributed by atoms with Crippen LogP contribution in [0, 0.1) is 0 Å². The summed E-state index contributed by atoms with van der Waals surface area (Å²) in [4.78, 5) is 24.4. The monoisotopic (exact) mass is 377 g/mol. The summed E-state index contributed by atoms with van der Waals surface area (Å²) in [5.74, 6) is -0.661. The molecule has 2 aromatic rings. The highest BCUT2D eigenvalue weighted by Crippen LogP contribution is 2.29. The highest BCUT2D eigenvalue weighted by molar-refractivity contribution is 6.04. The van der Waals surface area contributed by atoms with Gasteiger partial charge >= 0.3 is 6.18 Å². The Kier molecular flexibility index (Phi) is 5.34. The number of benzene rings is 2. The smallest absolute Gasteiger partial charge is 0.376 e. The number of anilines is 2. The van der Waals surface area contributed by atoms with E-state index in [1.165, 1.54) is 12.1 Å². The van der Waals surface area contributed by atoms with E-state index in [1.54, 1.807) is 24.3 Å². The van der Waals surface area contributed by atoms with Crippen molar-refractivity contribution in [3.8, 4) is 0 Å². The van der Waals surface area contributed by atoms with Crippen molar-refractivity contribution in [1.82, 2.24) is 5.32 Å². The zero-order valence-corrected chi connectivity index (χ0v) is 14.3. The molecule has 0 aliphatic heterocycles. The van der Waals surface area contributed by atoms with Crippen LogP contribution in [-0.2, 0) is 11.0 Å². The van der Waals surface area contributed by atoms with Crippen LogP contribution in [0.25, 0.3) is 0 Å². The number of hydrogen-bond donors (Lipinski definition) is 3. The average molecular weight is 377 g/mol. The molecule has 0 bridgehead atoms. The average Bonchev–Trinajstić information content (AvgIpc) is 3.44. The maximum atomic E-state index is 12.5. The van der Waals surface area contributed by atoms with E-state index in [1.807, 2.05) is 0 Å². The second-order valence-corrected chi connectivity index (χ2v) is 6.27. The van der Waals surface area contributed by atoms with Crippen LogP contribution in [0.3, 0.4) is 0 Å². The summed E-state index contributed by atoms with van der Waals surface area (Å²) < 4.78 is 37.6. The predicted octanol–water partition coefficient (Wildman–Crippen LogP) is 3.65. The molecule has 3 rings (SSSR count). The van der Waals surface area contributed by atoms with Gasteiger partial charge in [0.05, 0.1) is 23.4 Å². The fourth-order valence-corrected chi connectivity index (χ4v) is 2.43. The zero-order valence-electron chi connectivity index (χ0n) is 14.3. The molecule has 3 N–H and O–H groups in total. The molecule has 0 radical (unpaired) electrons. The molecule has 142 valence electrons. The Morgan fingerprint density at radius 3 is 2.30 bits per heavy atom. The lowest BCUT2D eigenvalue weighted by Gasteiger charge is -2.12. The molecule has 8 heteroatoms. The molecule has 0 saturated heterocycles. The van der Waals surface area contributed by atoms with Crippen molar-refractivity contribution in [2.75, 3.05) is 17.2 Å². The Labute approximate surface area is 154 Å². The summed E-state index contributed by atoms with van der Waals surface area (Å²) in [7, 11) is 0. The quantitative estimate of drug-likeness (QED) is 0.720. The van der Waals surface area contributed by atoms with Crippen LogP contribution >= 0.6 is 0 Å². The lowest BCUT2D eigenvalue weighted by Crippen LogP contribution is -2.28. The second-order valence-electron chi connectivity index (χ2n) is 6.27. The van der Waals surface area contributed by atoms with E-state index < -0.39 is 17.6 Å². The van der Waals surface area contributed by atoms with E-state index >= 15 is 0 Å². The molecular weight excluding hydrogens is 359 g/mol. The molecule has 1 saturated carbocycles. The molecule has 1 aliphatic carbocycles. The van der Waals surface area contributed by atoms with Crippen molar-refractivity contribution < 1.29 is 22.8 Å². The Morgan fingerprint density at radius 2 is 1.67 bits per heavy atom. The van der Waals surface area contributed by atoms with Gasteiger partial charge < -0.3 is 16.0 Å². The molecule has 27 heavy (non-hydrogen) atoms. The summed E-state index contributed by atoms with van der Waals surface area (Å²) in [6.07, 6.45) is -2.49. The fraction of sp³-hybridized carbons (Fsp3) is 0.263. The Balaban J connectivity index is 1.57. The molecule has 0 atom stereocenters. The van der Waals surface area contributed by atoms with Gasteiger partial charge in [-0.3, -0.25) is 9.59 Å². The molecule has 2 aromatic carbocycles. The minimum absolute atomic E-state index is 0.149. The van der Waals surface area contributed by atoms with Crippen molar-refractivity contribution >= 4 is 23.2 Å². The zero-order chi connectivity index (χ0) is 19.4. The molecule has 5 nitrogen and oxygen atoms in total. The maximum absolute atomic E-state index is 12.5. The van der Waals surface area contributed by atoms with Crippen molar-refractivity contribution in [2.45, 2.75) is 25.1 Å². The van der Waals surface area contributed by atoms with Crippen LogP contribution in [0.4, 0.5) is 24.5 Å². The van der Waals surface area contributed by atoms with Gasteiger partial charge in [0.15, 0.2) is 0 Å². The normalized spacial score (nSPS) is 13.7. The lowest BCUT2D eigenvalue weighted by molar-refractivity contribution is -0.137. The summed E-state index contributed by atoms with van der Waals surface area (Å²) >= 11 is 0. The number of hydrogen-bond acceptors (Lipinski definition) is 3. The number of amides is 2.